The fraction of sp³-hybridized carbons (Fsp3) is 0.917. The van der Waals surface area contributed by atoms with E-state index in [9.17, 15) is 4.79 Å². The number of amides is 1. The highest BCUT2D eigenvalue weighted by Gasteiger charge is 2.39. The molecule has 1 aliphatic rings. The molecule has 1 rings (SSSR count). The van der Waals surface area contributed by atoms with Crippen LogP contribution in [0.4, 0.5) is 0 Å². The third-order valence-corrected chi connectivity index (χ3v) is 2.82. The summed E-state index contributed by atoms with van der Waals surface area (Å²) in [4.78, 5) is 11.5. The largest absolute Gasteiger partial charge is 0.380 e. The van der Waals surface area contributed by atoms with Crippen LogP contribution >= 0.6 is 0 Å². The SMILES string of the molecule is CC(C)CC1(CNC(=O)C(C)C)COC1. The van der Waals surface area contributed by atoms with Gasteiger partial charge in [-0.05, 0) is 12.3 Å². The average molecular weight is 213 g/mol. The lowest BCUT2D eigenvalue weighted by Crippen LogP contribution is -2.52. The van der Waals surface area contributed by atoms with E-state index in [1.807, 2.05) is 13.8 Å². The molecule has 1 aliphatic heterocycles. The minimum Gasteiger partial charge on any atom is -0.380 e. The van der Waals surface area contributed by atoms with E-state index in [-0.39, 0.29) is 17.2 Å². The highest BCUT2D eigenvalue weighted by atomic mass is 16.5. The Kier molecular flexibility index (Phi) is 4.14. The zero-order valence-electron chi connectivity index (χ0n) is 10.3. The molecule has 1 heterocycles. The second kappa shape index (κ2) is 4.97. The van der Waals surface area contributed by atoms with Gasteiger partial charge in [0.1, 0.15) is 0 Å². The molecule has 15 heavy (non-hydrogen) atoms. The maximum Gasteiger partial charge on any atom is 0.222 e. The molecule has 88 valence electrons. The minimum absolute atomic E-state index is 0.0714. The molecule has 1 fully saturated rings. The van der Waals surface area contributed by atoms with E-state index in [1.165, 1.54) is 0 Å². The van der Waals surface area contributed by atoms with Crippen molar-refractivity contribution in [2.75, 3.05) is 19.8 Å². The van der Waals surface area contributed by atoms with Crippen LogP contribution in [0.3, 0.4) is 0 Å². The lowest BCUT2D eigenvalue weighted by Gasteiger charge is -2.43. The van der Waals surface area contributed by atoms with E-state index in [2.05, 4.69) is 19.2 Å². The Bertz CT molecular complexity index is 220. The van der Waals surface area contributed by atoms with Crippen molar-refractivity contribution >= 4 is 5.91 Å². The van der Waals surface area contributed by atoms with Gasteiger partial charge in [-0.25, -0.2) is 0 Å². The summed E-state index contributed by atoms with van der Waals surface area (Å²) in [6.45, 7) is 10.6. The molecule has 1 saturated heterocycles. The number of hydrogen-bond acceptors (Lipinski definition) is 2. The molecule has 0 aliphatic carbocycles. The predicted molar refractivity (Wildman–Crippen MR) is 60.6 cm³/mol. The summed E-state index contributed by atoms with van der Waals surface area (Å²) in [6, 6.07) is 0. The number of hydrogen-bond donors (Lipinski definition) is 1. The molecular weight excluding hydrogens is 190 g/mol. The van der Waals surface area contributed by atoms with Crippen LogP contribution in [0.2, 0.25) is 0 Å². The maximum absolute atomic E-state index is 11.5. The lowest BCUT2D eigenvalue weighted by molar-refractivity contribution is -0.135. The van der Waals surface area contributed by atoms with Gasteiger partial charge in [-0.1, -0.05) is 27.7 Å². The molecule has 3 heteroatoms. The van der Waals surface area contributed by atoms with Crippen LogP contribution in [0.1, 0.15) is 34.1 Å². The summed E-state index contributed by atoms with van der Waals surface area (Å²) in [6.07, 6.45) is 1.13. The van der Waals surface area contributed by atoms with Gasteiger partial charge in [0, 0.05) is 17.9 Å². The first-order chi connectivity index (χ1) is 6.95. The smallest absolute Gasteiger partial charge is 0.222 e. The fourth-order valence-electron chi connectivity index (χ4n) is 2.03. The highest BCUT2D eigenvalue weighted by molar-refractivity contribution is 5.77. The molecule has 1 N–H and O–H groups in total. The van der Waals surface area contributed by atoms with Gasteiger partial charge in [0.05, 0.1) is 13.2 Å². The molecule has 0 aromatic carbocycles. The van der Waals surface area contributed by atoms with Gasteiger partial charge in [0.25, 0.3) is 0 Å². The Labute approximate surface area is 92.6 Å². The van der Waals surface area contributed by atoms with Gasteiger partial charge >= 0.3 is 0 Å². The van der Waals surface area contributed by atoms with Crippen LogP contribution in [-0.2, 0) is 9.53 Å². The maximum atomic E-state index is 11.5. The van der Waals surface area contributed by atoms with Gasteiger partial charge in [-0.15, -0.1) is 0 Å². The van der Waals surface area contributed by atoms with Crippen molar-refractivity contribution < 1.29 is 9.53 Å². The predicted octanol–water partition coefficient (Wildman–Crippen LogP) is 1.82. The summed E-state index contributed by atoms with van der Waals surface area (Å²) in [7, 11) is 0. The van der Waals surface area contributed by atoms with Gasteiger partial charge in [0.2, 0.25) is 5.91 Å². The van der Waals surface area contributed by atoms with Crippen molar-refractivity contribution in [3.63, 3.8) is 0 Å². The molecule has 0 aromatic rings. The second-order valence-electron chi connectivity index (χ2n) is 5.46. The van der Waals surface area contributed by atoms with E-state index < -0.39 is 0 Å². The summed E-state index contributed by atoms with van der Waals surface area (Å²) in [5.74, 6) is 0.872. The van der Waals surface area contributed by atoms with Gasteiger partial charge in [-0.3, -0.25) is 4.79 Å². The van der Waals surface area contributed by atoms with Crippen LogP contribution in [-0.4, -0.2) is 25.7 Å². The molecule has 0 radical (unpaired) electrons. The zero-order chi connectivity index (χ0) is 11.5. The first kappa shape index (κ1) is 12.5. The van der Waals surface area contributed by atoms with Gasteiger partial charge in [-0.2, -0.15) is 0 Å². The van der Waals surface area contributed by atoms with Crippen molar-refractivity contribution in [3.05, 3.63) is 0 Å². The van der Waals surface area contributed by atoms with E-state index in [1.54, 1.807) is 0 Å². The molecule has 3 nitrogen and oxygen atoms in total. The summed E-state index contributed by atoms with van der Waals surface area (Å²) < 4.78 is 5.28. The van der Waals surface area contributed by atoms with Gasteiger partial charge in [0.15, 0.2) is 0 Å². The van der Waals surface area contributed by atoms with Crippen LogP contribution in [0.25, 0.3) is 0 Å². The second-order valence-corrected chi connectivity index (χ2v) is 5.46. The normalized spacial score (nSPS) is 19.1. The summed E-state index contributed by atoms with van der Waals surface area (Å²) in [5, 5.41) is 3.01. The van der Waals surface area contributed by atoms with Crippen molar-refractivity contribution in [2.24, 2.45) is 17.3 Å². The number of ether oxygens (including phenoxy) is 1. The van der Waals surface area contributed by atoms with Crippen LogP contribution < -0.4 is 5.32 Å². The first-order valence-corrected chi connectivity index (χ1v) is 5.81. The van der Waals surface area contributed by atoms with Crippen LogP contribution in [0, 0.1) is 17.3 Å². The van der Waals surface area contributed by atoms with Gasteiger partial charge < -0.3 is 10.1 Å². The first-order valence-electron chi connectivity index (χ1n) is 5.81. The molecule has 0 aromatic heterocycles. The van der Waals surface area contributed by atoms with Crippen molar-refractivity contribution in [2.45, 2.75) is 34.1 Å². The molecule has 0 unspecified atom stereocenters. The third-order valence-electron chi connectivity index (χ3n) is 2.82. The zero-order valence-corrected chi connectivity index (χ0v) is 10.3. The topological polar surface area (TPSA) is 38.3 Å². The highest BCUT2D eigenvalue weighted by Crippen LogP contribution is 2.33. The number of rotatable bonds is 5. The van der Waals surface area contributed by atoms with E-state index in [0.29, 0.717) is 5.92 Å². The quantitative estimate of drug-likeness (QED) is 0.756. The Morgan fingerprint density at radius 3 is 2.27 bits per heavy atom. The molecule has 0 saturated carbocycles. The van der Waals surface area contributed by atoms with Crippen molar-refractivity contribution in [1.29, 1.82) is 0 Å². The Morgan fingerprint density at radius 1 is 1.33 bits per heavy atom. The van der Waals surface area contributed by atoms with Crippen molar-refractivity contribution in [3.8, 4) is 0 Å². The van der Waals surface area contributed by atoms with E-state index >= 15 is 0 Å². The summed E-state index contributed by atoms with van der Waals surface area (Å²) in [5.41, 5.74) is 0.207. The molecule has 0 spiro atoms. The lowest BCUT2D eigenvalue weighted by atomic mass is 9.78. The Hall–Kier alpha value is -0.570. The standard InChI is InChI=1S/C12H23NO2/c1-9(2)5-12(7-15-8-12)6-13-11(14)10(3)4/h9-10H,5-8H2,1-4H3,(H,13,14). The molecule has 1 amide bonds. The number of carbonyl (C=O) groups is 1. The monoisotopic (exact) mass is 213 g/mol. The van der Waals surface area contributed by atoms with Crippen LogP contribution in [0.5, 0.6) is 0 Å². The Morgan fingerprint density at radius 2 is 1.93 bits per heavy atom. The molecule has 0 atom stereocenters. The summed E-state index contributed by atoms with van der Waals surface area (Å²) >= 11 is 0. The minimum atomic E-state index is 0.0714. The average Bonchev–Trinajstić information content (AvgIpc) is 2.08. The van der Waals surface area contributed by atoms with Crippen molar-refractivity contribution in [1.82, 2.24) is 5.32 Å². The number of nitrogens with one attached hydrogen (secondary N) is 1. The van der Waals surface area contributed by atoms with E-state index in [0.717, 1.165) is 26.2 Å². The number of carbonyl (C=O) groups excluding carboxylic acids is 1. The van der Waals surface area contributed by atoms with Crippen LogP contribution in [0.15, 0.2) is 0 Å². The van der Waals surface area contributed by atoms with E-state index in [4.69, 9.17) is 4.74 Å². The Balaban J connectivity index is 2.37. The molecule has 0 bridgehead atoms. The molecular formula is C12H23NO2. The fourth-order valence-corrected chi connectivity index (χ4v) is 2.03. The third kappa shape index (κ3) is 3.49.